The van der Waals surface area contributed by atoms with Crippen molar-refractivity contribution in [1.82, 2.24) is 15.3 Å². The summed E-state index contributed by atoms with van der Waals surface area (Å²) in [5.41, 5.74) is 3.12. The van der Waals surface area contributed by atoms with E-state index in [0.29, 0.717) is 23.4 Å². The Labute approximate surface area is 123 Å². The van der Waals surface area contributed by atoms with Gasteiger partial charge in [-0.25, -0.2) is 0 Å². The van der Waals surface area contributed by atoms with Crippen LogP contribution in [0.4, 0.5) is 5.69 Å². The van der Waals surface area contributed by atoms with Crippen molar-refractivity contribution < 1.29 is 4.92 Å². The van der Waals surface area contributed by atoms with Gasteiger partial charge >= 0.3 is 0 Å². The number of aryl methyl sites for hydroxylation is 1. The number of nitrogens with one attached hydrogen (secondary N) is 1. The molecule has 2 heterocycles. The first-order valence-electron chi connectivity index (χ1n) is 6.79. The fraction of sp³-hybridized carbons (Fsp3) is 0.333. The van der Waals surface area contributed by atoms with Crippen LogP contribution in [-0.2, 0) is 13.0 Å². The van der Waals surface area contributed by atoms with Gasteiger partial charge in [-0.05, 0) is 26.0 Å². The predicted molar refractivity (Wildman–Crippen MR) is 80.0 cm³/mol. The molecule has 0 aromatic carbocycles. The molecular weight excluding hydrogens is 268 g/mol. The van der Waals surface area contributed by atoms with Crippen LogP contribution >= 0.6 is 0 Å². The quantitative estimate of drug-likeness (QED) is 0.501. The van der Waals surface area contributed by atoms with E-state index < -0.39 is 0 Å². The Hall–Kier alpha value is -2.34. The maximum Gasteiger partial charge on any atom is 0.278 e. The first-order valence-corrected chi connectivity index (χ1v) is 6.79. The van der Waals surface area contributed by atoms with Crippen LogP contribution in [0.1, 0.15) is 22.5 Å². The molecule has 0 amide bonds. The molecule has 0 fully saturated rings. The van der Waals surface area contributed by atoms with E-state index in [4.69, 9.17) is 0 Å². The minimum atomic E-state index is -0.344. The van der Waals surface area contributed by atoms with Crippen molar-refractivity contribution in [2.45, 2.75) is 26.8 Å². The largest absolute Gasteiger partial charge is 0.311 e. The number of hydrogen-bond acceptors (Lipinski definition) is 5. The number of aromatic nitrogens is 2. The van der Waals surface area contributed by atoms with Gasteiger partial charge in [0.1, 0.15) is 0 Å². The summed E-state index contributed by atoms with van der Waals surface area (Å²) in [4.78, 5) is 19.2. The molecule has 0 aliphatic carbocycles. The normalized spacial score (nSPS) is 10.6. The second-order valence-corrected chi connectivity index (χ2v) is 4.87. The summed E-state index contributed by atoms with van der Waals surface area (Å²) in [5, 5.41) is 14.3. The Balaban J connectivity index is 1.95. The second-order valence-electron chi connectivity index (χ2n) is 4.87. The molecule has 0 spiro atoms. The van der Waals surface area contributed by atoms with Crippen LogP contribution in [0.25, 0.3) is 0 Å². The van der Waals surface area contributed by atoms with E-state index in [0.717, 1.165) is 18.7 Å². The van der Waals surface area contributed by atoms with Crippen molar-refractivity contribution in [2.75, 3.05) is 6.54 Å². The molecule has 2 aromatic rings. The third kappa shape index (κ3) is 3.82. The molecule has 2 aromatic heterocycles. The van der Waals surface area contributed by atoms with Gasteiger partial charge in [0.05, 0.1) is 10.6 Å². The van der Waals surface area contributed by atoms with Crippen molar-refractivity contribution >= 4 is 5.69 Å². The SMILES string of the molecule is Cc1cnc(CNCCc2ccccn2)c(C)c1[N+](=O)[O-]. The van der Waals surface area contributed by atoms with Gasteiger partial charge in [0, 0.05) is 48.7 Å². The van der Waals surface area contributed by atoms with Gasteiger partial charge in [-0.3, -0.25) is 20.1 Å². The van der Waals surface area contributed by atoms with E-state index in [1.54, 1.807) is 26.2 Å². The molecule has 6 nitrogen and oxygen atoms in total. The van der Waals surface area contributed by atoms with E-state index in [9.17, 15) is 10.1 Å². The molecule has 0 aliphatic rings. The van der Waals surface area contributed by atoms with Gasteiger partial charge in [0.25, 0.3) is 5.69 Å². The van der Waals surface area contributed by atoms with Crippen LogP contribution in [0.15, 0.2) is 30.6 Å². The van der Waals surface area contributed by atoms with Crippen LogP contribution < -0.4 is 5.32 Å². The predicted octanol–water partition coefficient (Wildman–Crippen LogP) is 2.33. The van der Waals surface area contributed by atoms with Crippen LogP contribution in [0.2, 0.25) is 0 Å². The third-order valence-corrected chi connectivity index (χ3v) is 3.33. The van der Waals surface area contributed by atoms with E-state index in [-0.39, 0.29) is 10.6 Å². The molecule has 0 saturated heterocycles. The fourth-order valence-corrected chi connectivity index (χ4v) is 2.19. The first kappa shape index (κ1) is 15.1. The van der Waals surface area contributed by atoms with Gasteiger partial charge in [-0.1, -0.05) is 6.07 Å². The van der Waals surface area contributed by atoms with E-state index in [2.05, 4.69) is 15.3 Å². The Kier molecular flexibility index (Phi) is 4.94. The van der Waals surface area contributed by atoms with Crippen LogP contribution in [0.5, 0.6) is 0 Å². The topological polar surface area (TPSA) is 81.0 Å². The van der Waals surface area contributed by atoms with E-state index >= 15 is 0 Å². The summed E-state index contributed by atoms with van der Waals surface area (Å²) >= 11 is 0. The molecule has 2 rings (SSSR count). The zero-order valence-electron chi connectivity index (χ0n) is 12.2. The van der Waals surface area contributed by atoms with Crippen molar-refractivity contribution in [3.05, 3.63) is 63.2 Å². The number of nitro groups is 1. The molecular formula is C15H18N4O2. The zero-order chi connectivity index (χ0) is 15.2. The van der Waals surface area contributed by atoms with Crippen LogP contribution in [-0.4, -0.2) is 21.4 Å². The van der Waals surface area contributed by atoms with Crippen molar-refractivity contribution in [3.63, 3.8) is 0 Å². The van der Waals surface area contributed by atoms with Crippen LogP contribution in [0.3, 0.4) is 0 Å². The highest BCUT2D eigenvalue weighted by molar-refractivity contribution is 5.47. The maximum absolute atomic E-state index is 11.1. The molecule has 6 heteroatoms. The smallest absolute Gasteiger partial charge is 0.278 e. The molecule has 21 heavy (non-hydrogen) atoms. The summed E-state index contributed by atoms with van der Waals surface area (Å²) in [7, 11) is 0. The monoisotopic (exact) mass is 286 g/mol. The second kappa shape index (κ2) is 6.90. The highest BCUT2D eigenvalue weighted by atomic mass is 16.6. The van der Waals surface area contributed by atoms with Gasteiger partial charge < -0.3 is 5.32 Å². The minimum absolute atomic E-state index is 0.159. The van der Waals surface area contributed by atoms with E-state index in [1.165, 1.54) is 0 Å². The van der Waals surface area contributed by atoms with Gasteiger partial charge in [-0.2, -0.15) is 0 Å². The van der Waals surface area contributed by atoms with Crippen molar-refractivity contribution in [3.8, 4) is 0 Å². The standard InChI is InChI=1S/C15H18N4O2/c1-11-9-18-14(12(2)15(11)19(20)21)10-16-8-6-13-5-3-4-7-17-13/h3-5,7,9,16H,6,8,10H2,1-2H3. The lowest BCUT2D eigenvalue weighted by molar-refractivity contribution is -0.386. The zero-order valence-corrected chi connectivity index (χ0v) is 12.2. The van der Waals surface area contributed by atoms with Gasteiger partial charge in [0.2, 0.25) is 0 Å². The highest BCUT2D eigenvalue weighted by Gasteiger charge is 2.18. The summed E-state index contributed by atoms with van der Waals surface area (Å²) in [5.74, 6) is 0. The first-order chi connectivity index (χ1) is 10.1. The van der Waals surface area contributed by atoms with Crippen molar-refractivity contribution in [1.29, 1.82) is 0 Å². The lowest BCUT2D eigenvalue weighted by Crippen LogP contribution is -2.19. The number of nitrogens with zero attached hydrogens (tertiary/aromatic N) is 3. The summed E-state index contributed by atoms with van der Waals surface area (Å²) in [6, 6.07) is 5.81. The van der Waals surface area contributed by atoms with Crippen LogP contribution in [0, 0.1) is 24.0 Å². The third-order valence-electron chi connectivity index (χ3n) is 3.33. The van der Waals surface area contributed by atoms with Gasteiger partial charge in [0.15, 0.2) is 0 Å². The Morgan fingerprint density at radius 1 is 1.29 bits per heavy atom. The Bertz CT molecular complexity index is 629. The molecule has 1 N–H and O–H groups in total. The average Bonchev–Trinajstić information content (AvgIpc) is 2.46. The summed E-state index contributed by atoms with van der Waals surface area (Å²) in [6.45, 7) is 4.71. The number of hydrogen-bond donors (Lipinski definition) is 1. The fourth-order valence-electron chi connectivity index (χ4n) is 2.19. The number of rotatable bonds is 6. The Morgan fingerprint density at radius 3 is 2.76 bits per heavy atom. The highest BCUT2D eigenvalue weighted by Crippen LogP contribution is 2.23. The summed E-state index contributed by atoms with van der Waals surface area (Å²) < 4.78 is 0. The number of pyridine rings is 2. The summed E-state index contributed by atoms with van der Waals surface area (Å²) in [6.07, 6.45) is 4.14. The molecule has 0 atom stereocenters. The molecule has 0 radical (unpaired) electrons. The Morgan fingerprint density at radius 2 is 2.10 bits per heavy atom. The molecule has 110 valence electrons. The molecule has 0 saturated carbocycles. The molecule has 0 bridgehead atoms. The lowest BCUT2D eigenvalue weighted by atomic mass is 10.1. The lowest BCUT2D eigenvalue weighted by Gasteiger charge is -2.08. The maximum atomic E-state index is 11.1. The molecule has 0 unspecified atom stereocenters. The van der Waals surface area contributed by atoms with E-state index in [1.807, 2.05) is 18.2 Å². The average molecular weight is 286 g/mol. The minimum Gasteiger partial charge on any atom is -0.311 e. The molecule has 0 aliphatic heterocycles. The van der Waals surface area contributed by atoms with Crippen molar-refractivity contribution in [2.24, 2.45) is 0 Å². The van der Waals surface area contributed by atoms with Gasteiger partial charge in [-0.15, -0.1) is 0 Å².